The molecule has 0 bridgehead atoms. The van der Waals surface area contributed by atoms with Gasteiger partial charge in [-0.1, -0.05) is 12.8 Å². The van der Waals surface area contributed by atoms with E-state index < -0.39 is 0 Å². The van der Waals surface area contributed by atoms with Crippen LogP contribution in [0.4, 0.5) is 0 Å². The van der Waals surface area contributed by atoms with Gasteiger partial charge in [0.15, 0.2) is 0 Å². The number of carbonyl (C=O) groups excluding carboxylic acids is 1. The molecule has 2 aliphatic heterocycles. The molecule has 2 atom stereocenters. The fourth-order valence-corrected chi connectivity index (χ4v) is 4.10. The molecule has 0 aromatic carbocycles. The Morgan fingerprint density at radius 3 is 3.24 bits per heavy atom. The highest BCUT2D eigenvalue weighted by Crippen LogP contribution is 2.28. The van der Waals surface area contributed by atoms with Crippen LogP contribution < -0.4 is 5.32 Å². The number of rotatable bonds is 3. The van der Waals surface area contributed by atoms with Gasteiger partial charge in [-0.3, -0.25) is 4.79 Å². The first kappa shape index (κ1) is 14.9. The van der Waals surface area contributed by atoms with E-state index in [9.17, 15) is 4.79 Å². The molecule has 2 unspecified atom stereocenters. The molecule has 21 heavy (non-hydrogen) atoms. The highest BCUT2D eigenvalue weighted by Gasteiger charge is 2.32. The van der Waals surface area contributed by atoms with E-state index in [4.69, 9.17) is 4.74 Å². The minimum atomic E-state index is -0.249. The van der Waals surface area contributed by atoms with Gasteiger partial charge in [0.2, 0.25) is 5.91 Å². The molecule has 6 heteroatoms. The third-order valence-corrected chi connectivity index (χ3v) is 5.28. The van der Waals surface area contributed by atoms with Crippen LogP contribution >= 0.6 is 11.3 Å². The summed E-state index contributed by atoms with van der Waals surface area (Å²) < 4.78 is 5.89. The standard InChI is InChI=1S/C15H23N3O2S/c1-16-13-14-12(17-10-21-14)6-7-18(15(13)19)9-11-5-3-2-4-8-20-11/h10-11,13,16H,2-9H2,1H3. The average molecular weight is 309 g/mol. The Kier molecular flexibility index (Phi) is 4.87. The van der Waals surface area contributed by atoms with Crippen molar-refractivity contribution in [2.45, 2.75) is 44.2 Å². The molecule has 0 spiro atoms. The molecule has 3 heterocycles. The first-order valence-corrected chi connectivity index (χ1v) is 8.67. The van der Waals surface area contributed by atoms with Crippen LogP contribution in [-0.4, -0.2) is 48.6 Å². The number of nitrogens with one attached hydrogen (secondary N) is 1. The molecule has 1 aromatic heterocycles. The first-order valence-electron chi connectivity index (χ1n) is 7.79. The summed E-state index contributed by atoms with van der Waals surface area (Å²) in [6, 6.07) is -0.249. The van der Waals surface area contributed by atoms with E-state index in [1.54, 1.807) is 11.3 Å². The van der Waals surface area contributed by atoms with Gasteiger partial charge in [-0.2, -0.15) is 0 Å². The van der Waals surface area contributed by atoms with Gasteiger partial charge in [0.05, 0.1) is 22.2 Å². The van der Waals surface area contributed by atoms with E-state index in [0.717, 1.165) is 43.0 Å². The van der Waals surface area contributed by atoms with Crippen LogP contribution in [0.2, 0.25) is 0 Å². The Bertz CT molecular complexity index is 483. The summed E-state index contributed by atoms with van der Waals surface area (Å²) in [6.45, 7) is 2.29. The zero-order valence-corrected chi connectivity index (χ0v) is 13.3. The molecular formula is C15H23N3O2S. The molecular weight excluding hydrogens is 286 g/mol. The van der Waals surface area contributed by atoms with E-state index in [1.807, 2.05) is 17.5 Å². The molecule has 1 fully saturated rings. The lowest BCUT2D eigenvalue weighted by Gasteiger charge is -2.28. The van der Waals surface area contributed by atoms with Crippen molar-refractivity contribution in [1.82, 2.24) is 15.2 Å². The molecule has 0 aliphatic carbocycles. The van der Waals surface area contributed by atoms with E-state index in [2.05, 4.69) is 10.3 Å². The van der Waals surface area contributed by atoms with Gasteiger partial charge in [0, 0.05) is 26.1 Å². The van der Waals surface area contributed by atoms with Crippen LogP contribution in [0.15, 0.2) is 5.51 Å². The van der Waals surface area contributed by atoms with E-state index in [-0.39, 0.29) is 18.1 Å². The second kappa shape index (κ2) is 6.85. The fraction of sp³-hybridized carbons (Fsp3) is 0.733. The third kappa shape index (κ3) is 3.27. The number of likely N-dealkylation sites (N-methyl/N-ethyl adjacent to an activating group) is 1. The van der Waals surface area contributed by atoms with Gasteiger partial charge in [-0.05, 0) is 19.9 Å². The second-order valence-corrected chi connectivity index (χ2v) is 6.65. The molecule has 2 aliphatic rings. The topological polar surface area (TPSA) is 54.5 Å². The summed E-state index contributed by atoms with van der Waals surface area (Å²) in [4.78, 5) is 20.2. The SMILES string of the molecule is CNC1C(=O)N(CC2CCCCCO2)CCc2ncsc21. The Morgan fingerprint density at radius 2 is 2.38 bits per heavy atom. The highest BCUT2D eigenvalue weighted by molar-refractivity contribution is 7.10. The Balaban J connectivity index is 1.71. The molecule has 5 nitrogen and oxygen atoms in total. The van der Waals surface area contributed by atoms with Crippen molar-refractivity contribution in [2.24, 2.45) is 0 Å². The van der Waals surface area contributed by atoms with Crippen molar-refractivity contribution in [1.29, 1.82) is 0 Å². The van der Waals surface area contributed by atoms with Crippen molar-refractivity contribution in [3.8, 4) is 0 Å². The van der Waals surface area contributed by atoms with Gasteiger partial charge in [0.1, 0.15) is 6.04 Å². The summed E-state index contributed by atoms with van der Waals surface area (Å²) in [5, 5.41) is 3.15. The average Bonchev–Trinajstić information content (AvgIpc) is 2.73. The Hall–Kier alpha value is -0.980. The summed E-state index contributed by atoms with van der Waals surface area (Å²) >= 11 is 1.57. The lowest BCUT2D eigenvalue weighted by molar-refractivity contribution is -0.135. The second-order valence-electron chi connectivity index (χ2n) is 5.76. The monoisotopic (exact) mass is 309 g/mol. The first-order chi connectivity index (χ1) is 10.3. The molecule has 1 amide bonds. The van der Waals surface area contributed by atoms with Gasteiger partial charge < -0.3 is 15.0 Å². The minimum absolute atomic E-state index is 0.161. The maximum atomic E-state index is 12.8. The van der Waals surface area contributed by atoms with Crippen molar-refractivity contribution in [3.05, 3.63) is 16.1 Å². The largest absolute Gasteiger partial charge is 0.376 e. The predicted octanol–water partition coefficient (Wildman–Crippen LogP) is 1.75. The number of thiazole rings is 1. The van der Waals surface area contributed by atoms with E-state index in [0.29, 0.717) is 6.54 Å². The number of aromatic nitrogens is 1. The Labute approximate surface area is 129 Å². The lowest BCUT2D eigenvalue weighted by Crippen LogP contribution is -2.43. The smallest absolute Gasteiger partial charge is 0.245 e. The maximum absolute atomic E-state index is 12.8. The van der Waals surface area contributed by atoms with E-state index in [1.165, 1.54) is 12.8 Å². The summed E-state index contributed by atoms with van der Waals surface area (Å²) in [6.07, 6.45) is 5.69. The van der Waals surface area contributed by atoms with Gasteiger partial charge in [-0.25, -0.2) is 4.98 Å². The predicted molar refractivity (Wildman–Crippen MR) is 82.4 cm³/mol. The zero-order valence-electron chi connectivity index (χ0n) is 12.5. The minimum Gasteiger partial charge on any atom is -0.376 e. The molecule has 1 saturated heterocycles. The molecule has 1 N–H and O–H groups in total. The van der Waals surface area contributed by atoms with Crippen molar-refractivity contribution in [3.63, 3.8) is 0 Å². The van der Waals surface area contributed by atoms with Crippen molar-refractivity contribution >= 4 is 17.2 Å². The molecule has 3 rings (SSSR count). The van der Waals surface area contributed by atoms with Crippen LogP contribution in [0.25, 0.3) is 0 Å². The number of fused-ring (bicyclic) bond motifs is 1. The highest BCUT2D eigenvalue weighted by atomic mass is 32.1. The zero-order chi connectivity index (χ0) is 14.7. The fourth-order valence-electron chi connectivity index (χ4n) is 3.16. The summed E-state index contributed by atoms with van der Waals surface area (Å²) in [7, 11) is 1.84. The van der Waals surface area contributed by atoms with Crippen LogP contribution in [0.5, 0.6) is 0 Å². The number of nitrogens with zero attached hydrogens (tertiary/aromatic N) is 2. The molecule has 0 saturated carbocycles. The number of hydrogen-bond donors (Lipinski definition) is 1. The van der Waals surface area contributed by atoms with E-state index >= 15 is 0 Å². The number of amides is 1. The van der Waals surface area contributed by atoms with Gasteiger partial charge >= 0.3 is 0 Å². The normalized spacial score (nSPS) is 27.1. The molecule has 1 aromatic rings. The quantitative estimate of drug-likeness (QED) is 0.924. The number of carbonyl (C=O) groups is 1. The lowest BCUT2D eigenvalue weighted by atomic mass is 10.1. The third-order valence-electron chi connectivity index (χ3n) is 4.35. The van der Waals surface area contributed by atoms with Crippen molar-refractivity contribution < 1.29 is 9.53 Å². The summed E-state index contributed by atoms with van der Waals surface area (Å²) in [5.41, 5.74) is 2.91. The Morgan fingerprint density at radius 1 is 1.48 bits per heavy atom. The maximum Gasteiger partial charge on any atom is 0.245 e. The molecule has 0 radical (unpaired) electrons. The van der Waals surface area contributed by atoms with Gasteiger partial charge in [0.25, 0.3) is 0 Å². The van der Waals surface area contributed by atoms with Gasteiger partial charge in [-0.15, -0.1) is 11.3 Å². The summed E-state index contributed by atoms with van der Waals surface area (Å²) in [5.74, 6) is 0.161. The molecule has 116 valence electrons. The van der Waals surface area contributed by atoms with Crippen molar-refractivity contribution in [2.75, 3.05) is 26.7 Å². The van der Waals surface area contributed by atoms with Crippen LogP contribution in [-0.2, 0) is 16.0 Å². The number of ether oxygens (including phenoxy) is 1. The van der Waals surface area contributed by atoms with Crippen LogP contribution in [0.3, 0.4) is 0 Å². The van der Waals surface area contributed by atoms with Crippen LogP contribution in [0, 0.1) is 0 Å². The van der Waals surface area contributed by atoms with Crippen LogP contribution in [0.1, 0.15) is 42.3 Å². The number of hydrogen-bond acceptors (Lipinski definition) is 5.